The molecule has 20 heavy (non-hydrogen) atoms. The Morgan fingerprint density at radius 1 is 1.35 bits per heavy atom. The van der Waals surface area contributed by atoms with Crippen molar-refractivity contribution in [3.05, 3.63) is 53.2 Å². The Bertz CT molecular complexity index is 674. The fraction of sp³-hybridized carbons (Fsp3) is 0.214. The summed E-state index contributed by atoms with van der Waals surface area (Å²) < 4.78 is 14.6. The molecule has 0 saturated heterocycles. The number of nitrogens with zero attached hydrogens (tertiary/aromatic N) is 2. The molecule has 5 N–H and O–H groups in total. The second-order valence-corrected chi connectivity index (χ2v) is 5.06. The molecular weight excluding hydrogens is 257 g/mol. The van der Waals surface area contributed by atoms with E-state index in [1.807, 2.05) is 19.1 Å². The van der Waals surface area contributed by atoms with Crippen molar-refractivity contribution in [1.82, 2.24) is 9.66 Å². The summed E-state index contributed by atoms with van der Waals surface area (Å²) in [5.41, 5.74) is 16.3. The minimum Gasteiger partial charge on any atom is -0.382 e. The highest BCUT2D eigenvalue weighted by atomic mass is 19.1. The summed E-state index contributed by atoms with van der Waals surface area (Å²) in [4.78, 5) is 4.32. The van der Waals surface area contributed by atoms with Crippen LogP contribution in [-0.4, -0.2) is 15.3 Å². The van der Waals surface area contributed by atoms with Crippen molar-refractivity contribution >= 4 is 11.9 Å². The number of benzene rings is 1. The van der Waals surface area contributed by atoms with Crippen molar-refractivity contribution in [2.75, 3.05) is 11.2 Å². The highest BCUT2D eigenvalue weighted by Gasteiger charge is 2.28. The first-order chi connectivity index (χ1) is 9.47. The van der Waals surface area contributed by atoms with Crippen LogP contribution in [0.25, 0.3) is 6.08 Å². The molecule has 1 unspecified atom stereocenters. The van der Waals surface area contributed by atoms with Crippen molar-refractivity contribution < 1.29 is 4.39 Å². The number of hydrogen-bond donors (Lipinski definition) is 3. The van der Waals surface area contributed by atoms with Gasteiger partial charge in [-0.2, -0.15) is 0 Å². The lowest BCUT2D eigenvalue weighted by Gasteiger charge is -2.32. The molecule has 104 valence electrons. The zero-order valence-corrected chi connectivity index (χ0v) is 11.1. The Morgan fingerprint density at radius 2 is 2.05 bits per heavy atom. The van der Waals surface area contributed by atoms with Gasteiger partial charge < -0.3 is 11.5 Å². The van der Waals surface area contributed by atoms with Gasteiger partial charge in [0.2, 0.25) is 0 Å². The predicted molar refractivity (Wildman–Crippen MR) is 76.8 cm³/mol. The second-order valence-electron chi connectivity index (χ2n) is 5.06. The summed E-state index contributed by atoms with van der Waals surface area (Å²) in [5, 5.41) is 0. The zero-order valence-electron chi connectivity index (χ0n) is 11.1. The van der Waals surface area contributed by atoms with Crippen molar-refractivity contribution in [3.8, 4) is 0 Å². The van der Waals surface area contributed by atoms with E-state index in [0.717, 1.165) is 17.1 Å². The van der Waals surface area contributed by atoms with E-state index in [2.05, 4.69) is 10.4 Å². The van der Waals surface area contributed by atoms with E-state index < -0.39 is 5.66 Å². The van der Waals surface area contributed by atoms with Crippen molar-refractivity contribution in [2.24, 2.45) is 5.73 Å². The number of imidazole rings is 1. The first-order valence-electron chi connectivity index (χ1n) is 6.32. The fourth-order valence-corrected chi connectivity index (χ4v) is 2.30. The van der Waals surface area contributed by atoms with Crippen LogP contribution < -0.4 is 16.9 Å². The average Bonchev–Trinajstić information content (AvgIpc) is 2.68. The van der Waals surface area contributed by atoms with Crippen LogP contribution >= 0.6 is 0 Å². The zero-order chi connectivity index (χ0) is 14.3. The predicted octanol–water partition coefficient (Wildman–Crippen LogP) is 1.38. The Kier molecular flexibility index (Phi) is 2.76. The molecule has 2 heterocycles. The van der Waals surface area contributed by atoms with Gasteiger partial charge >= 0.3 is 0 Å². The summed E-state index contributed by atoms with van der Waals surface area (Å²) in [7, 11) is 0. The summed E-state index contributed by atoms with van der Waals surface area (Å²) in [6.45, 7) is 1.84. The second kappa shape index (κ2) is 4.35. The first-order valence-corrected chi connectivity index (χ1v) is 6.32. The van der Waals surface area contributed by atoms with E-state index in [9.17, 15) is 4.39 Å². The Morgan fingerprint density at radius 3 is 2.75 bits per heavy atom. The number of anilines is 1. The lowest BCUT2D eigenvalue weighted by Crippen LogP contribution is -2.53. The van der Waals surface area contributed by atoms with Crippen LogP contribution in [0.4, 0.5) is 10.2 Å². The summed E-state index contributed by atoms with van der Waals surface area (Å²) in [6, 6.07) is 6.29. The van der Waals surface area contributed by atoms with E-state index in [0.29, 0.717) is 12.2 Å². The van der Waals surface area contributed by atoms with Crippen molar-refractivity contribution in [1.29, 1.82) is 0 Å². The molecule has 0 fully saturated rings. The molecule has 0 saturated carbocycles. The number of rotatable bonds is 2. The van der Waals surface area contributed by atoms with Gasteiger partial charge in [-0.05, 0) is 36.8 Å². The molecule has 6 heteroatoms. The highest BCUT2D eigenvalue weighted by molar-refractivity contribution is 5.55. The van der Waals surface area contributed by atoms with E-state index in [1.165, 1.54) is 12.1 Å². The number of nitrogens with two attached hydrogens (primary N) is 2. The number of hydrogen-bond acceptors (Lipinski definition) is 4. The average molecular weight is 273 g/mol. The standard InChI is InChI=1S/C14H16FN5/c1-9-13(16)20-12(18-9)6-7-14(17,19-20)8-10-2-4-11(15)5-3-10/h2-7,19H,8,16-17H2,1H3. The lowest BCUT2D eigenvalue weighted by atomic mass is 9.99. The molecule has 1 aliphatic rings. The molecular formula is C14H16FN5. The van der Waals surface area contributed by atoms with E-state index in [1.54, 1.807) is 16.8 Å². The monoisotopic (exact) mass is 273 g/mol. The Balaban J connectivity index is 1.87. The summed E-state index contributed by atoms with van der Waals surface area (Å²) in [6.07, 6.45) is 4.20. The number of fused-ring (bicyclic) bond motifs is 1. The summed E-state index contributed by atoms with van der Waals surface area (Å²) in [5.74, 6) is 1.00. The largest absolute Gasteiger partial charge is 0.382 e. The van der Waals surface area contributed by atoms with Crippen LogP contribution in [0.5, 0.6) is 0 Å². The van der Waals surface area contributed by atoms with Gasteiger partial charge in [0.05, 0.1) is 5.69 Å². The third kappa shape index (κ3) is 2.14. The molecule has 0 aliphatic carbocycles. The van der Waals surface area contributed by atoms with E-state index in [-0.39, 0.29) is 5.82 Å². The molecule has 1 aliphatic heterocycles. The molecule has 5 nitrogen and oxygen atoms in total. The normalized spacial score (nSPS) is 20.6. The van der Waals surface area contributed by atoms with Crippen LogP contribution in [0.1, 0.15) is 17.1 Å². The number of halogens is 1. The van der Waals surface area contributed by atoms with Crippen LogP contribution in [0, 0.1) is 12.7 Å². The Hall–Kier alpha value is -2.34. The van der Waals surface area contributed by atoms with Crippen molar-refractivity contribution in [3.63, 3.8) is 0 Å². The maximum Gasteiger partial charge on any atom is 0.153 e. The molecule has 0 spiro atoms. The first kappa shape index (κ1) is 12.7. The van der Waals surface area contributed by atoms with Gasteiger partial charge in [-0.25, -0.2) is 14.1 Å². The molecule has 1 atom stereocenters. The number of aryl methyl sites for hydroxylation is 1. The SMILES string of the molecule is Cc1nc2n(c1N)NC(N)(Cc1ccc(F)cc1)C=C2. The number of nitrogens with one attached hydrogen (secondary N) is 1. The maximum atomic E-state index is 12.9. The van der Waals surface area contributed by atoms with Crippen LogP contribution in [0.2, 0.25) is 0 Å². The van der Waals surface area contributed by atoms with Crippen LogP contribution in [0.15, 0.2) is 30.3 Å². The minimum absolute atomic E-state index is 0.260. The molecule has 1 aromatic heterocycles. The maximum absolute atomic E-state index is 12.9. The van der Waals surface area contributed by atoms with Crippen LogP contribution in [-0.2, 0) is 6.42 Å². The van der Waals surface area contributed by atoms with Gasteiger partial charge in [0, 0.05) is 6.42 Å². The van der Waals surface area contributed by atoms with Gasteiger partial charge in [0.25, 0.3) is 0 Å². The smallest absolute Gasteiger partial charge is 0.153 e. The van der Waals surface area contributed by atoms with Gasteiger partial charge in [-0.15, -0.1) is 0 Å². The lowest BCUT2D eigenvalue weighted by molar-refractivity contribution is 0.523. The minimum atomic E-state index is -0.786. The fourth-order valence-electron chi connectivity index (χ4n) is 2.30. The van der Waals surface area contributed by atoms with Gasteiger partial charge in [-0.3, -0.25) is 5.43 Å². The molecule has 0 bridgehead atoms. The Labute approximate surface area is 116 Å². The highest BCUT2D eigenvalue weighted by Crippen LogP contribution is 2.22. The van der Waals surface area contributed by atoms with Gasteiger partial charge in [0.1, 0.15) is 17.3 Å². The van der Waals surface area contributed by atoms with Crippen LogP contribution in [0.3, 0.4) is 0 Å². The summed E-state index contributed by atoms with van der Waals surface area (Å²) >= 11 is 0. The molecule has 3 rings (SSSR count). The van der Waals surface area contributed by atoms with E-state index in [4.69, 9.17) is 11.5 Å². The number of aromatic nitrogens is 2. The van der Waals surface area contributed by atoms with Gasteiger partial charge in [0.15, 0.2) is 5.82 Å². The molecule has 0 radical (unpaired) electrons. The van der Waals surface area contributed by atoms with Gasteiger partial charge in [-0.1, -0.05) is 12.1 Å². The molecule has 0 amide bonds. The third-order valence-corrected chi connectivity index (χ3v) is 3.38. The quantitative estimate of drug-likeness (QED) is 0.772. The van der Waals surface area contributed by atoms with E-state index >= 15 is 0 Å². The third-order valence-electron chi connectivity index (χ3n) is 3.38. The molecule has 2 aromatic rings. The number of nitrogen functional groups attached to an aromatic ring is 1. The topological polar surface area (TPSA) is 81.9 Å². The van der Waals surface area contributed by atoms with Crippen molar-refractivity contribution in [2.45, 2.75) is 19.0 Å². The molecule has 1 aromatic carbocycles.